The van der Waals surface area contributed by atoms with Crippen LogP contribution >= 0.6 is 11.8 Å². The van der Waals surface area contributed by atoms with E-state index in [-0.39, 0.29) is 16.6 Å². The van der Waals surface area contributed by atoms with Crippen LogP contribution in [0, 0.1) is 20.8 Å². The summed E-state index contributed by atoms with van der Waals surface area (Å²) in [5.41, 5.74) is 5.56. The van der Waals surface area contributed by atoms with Gasteiger partial charge in [-0.1, -0.05) is 35.5 Å². The van der Waals surface area contributed by atoms with Crippen molar-refractivity contribution in [2.24, 2.45) is 0 Å². The first-order valence-corrected chi connectivity index (χ1v) is 12.1. The van der Waals surface area contributed by atoms with E-state index < -0.39 is 10.0 Å². The molecule has 31 heavy (non-hydrogen) atoms. The minimum absolute atomic E-state index is 0.0669. The number of hydrogen-bond donors (Lipinski definition) is 1. The number of thioether (sulfide) groups is 1. The highest BCUT2D eigenvalue weighted by Crippen LogP contribution is 2.41. The monoisotopic (exact) mass is 454 g/mol. The predicted octanol–water partition coefficient (Wildman–Crippen LogP) is 3.94. The lowest BCUT2D eigenvalue weighted by Crippen LogP contribution is -2.31. The molecule has 2 heterocycles. The minimum Gasteiger partial charge on any atom is -0.325 e. The second-order valence-corrected chi connectivity index (χ2v) is 10.3. The zero-order valence-electron chi connectivity index (χ0n) is 17.6. The van der Waals surface area contributed by atoms with Crippen molar-refractivity contribution in [3.05, 3.63) is 59.3 Å². The molecule has 4 rings (SSSR count). The molecular formula is C22H22N4O3S2. The maximum atomic E-state index is 12.9. The zero-order chi connectivity index (χ0) is 22.3. The third-order valence-corrected chi connectivity index (χ3v) is 7.96. The number of rotatable bonds is 4. The van der Waals surface area contributed by atoms with Crippen molar-refractivity contribution < 1.29 is 13.2 Å². The molecule has 0 atom stereocenters. The van der Waals surface area contributed by atoms with Crippen LogP contribution < -0.4 is 9.62 Å². The van der Waals surface area contributed by atoms with Crippen LogP contribution in [0.2, 0.25) is 0 Å². The molecule has 1 aliphatic heterocycles. The Morgan fingerprint density at radius 1 is 1.16 bits per heavy atom. The summed E-state index contributed by atoms with van der Waals surface area (Å²) in [6.07, 6.45) is 1.32. The Kier molecular flexibility index (Phi) is 5.49. The first-order valence-electron chi connectivity index (χ1n) is 9.64. The van der Waals surface area contributed by atoms with Gasteiger partial charge in [0.25, 0.3) is 10.0 Å². The van der Waals surface area contributed by atoms with Crippen molar-refractivity contribution in [2.45, 2.75) is 30.8 Å². The van der Waals surface area contributed by atoms with Crippen LogP contribution in [0.5, 0.6) is 0 Å². The van der Waals surface area contributed by atoms with Crippen LogP contribution in [0.3, 0.4) is 0 Å². The topological polar surface area (TPSA) is 92.3 Å². The van der Waals surface area contributed by atoms with E-state index in [4.69, 9.17) is 0 Å². The van der Waals surface area contributed by atoms with Crippen molar-refractivity contribution in [3.63, 3.8) is 0 Å². The smallest absolute Gasteiger partial charge is 0.267 e. The van der Waals surface area contributed by atoms with E-state index in [1.54, 1.807) is 6.07 Å². The number of aryl methyl sites for hydroxylation is 2. The lowest BCUT2D eigenvalue weighted by atomic mass is 10.1. The Labute approximate surface area is 186 Å². The molecule has 9 heteroatoms. The van der Waals surface area contributed by atoms with E-state index >= 15 is 0 Å². The number of nitrogens with one attached hydrogen (secondary N) is 1. The fraction of sp³-hybridized carbons (Fsp3) is 0.227. The molecule has 1 amide bonds. The second-order valence-electron chi connectivity index (χ2n) is 7.44. The maximum Gasteiger partial charge on any atom is 0.267 e. The molecule has 0 fully saturated rings. The molecule has 1 N–H and O–H groups in total. The van der Waals surface area contributed by atoms with Gasteiger partial charge in [0.2, 0.25) is 5.91 Å². The normalized spacial score (nSPS) is 14.0. The predicted molar refractivity (Wildman–Crippen MR) is 123 cm³/mol. The Morgan fingerprint density at radius 3 is 2.71 bits per heavy atom. The van der Waals surface area contributed by atoms with Crippen molar-refractivity contribution in [1.82, 2.24) is 9.97 Å². The quantitative estimate of drug-likeness (QED) is 0.474. The molecule has 0 saturated heterocycles. The molecule has 7 nitrogen and oxygen atoms in total. The lowest BCUT2D eigenvalue weighted by Gasteiger charge is -2.28. The number of nitrogens with zero attached hydrogens (tertiary/aromatic N) is 3. The van der Waals surface area contributed by atoms with Crippen LogP contribution in [0.15, 0.2) is 52.6 Å². The summed E-state index contributed by atoms with van der Waals surface area (Å²) >= 11 is 1.17. The van der Waals surface area contributed by atoms with E-state index in [0.29, 0.717) is 16.5 Å². The van der Waals surface area contributed by atoms with Crippen LogP contribution in [0.4, 0.5) is 11.4 Å². The lowest BCUT2D eigenvalue weighted by molar-refractivity contribution is -0.113. The van der Waals surface area contributed by atoms with E-state index in [9.17, 15) is 13.2 Å². The Bertz CT molecular complexity index is 1310. The minimum atomic E-state index is -3.72. The molecule has 3 aromatic rings. The largest absolute Gasteiger partial charge is 0.325 e. The van der Waals surface area contributed by atoms with E-state index in [2.05, 4.69) is 15.3 Å². The molecule has 0 unspecified atom stereocenters. The average molecular weight is 455 g/mol. The summed E-state index contributed by atoms with van der Waals surface area (Å²) in [7, 11) is -2.20. The van der Waals surface area contributed by atoms with Crippen molar-refractivity contribution in [2.75, 3.05) is 22.4 Å². The van der Waals surface area contributed by atoms with Crippen molar-refractivity contribution in [1.29, 1.82) is 0 Å². The van der Waals surface area contributed by atoms with Gasteiger partial charge in [-0.15, -0.1) is 0 Å². The molecule has 0 radical (unpaired) electrons. The molecule has 2 aromatic carbocycles. The summed E-state index contributed by atoms with van der Waals surface area (Å²) in [5.74, 6) is -0.0666. The number of anilines is 2. The highest BCUT2D eigenvalue weighted by molar-refractivity contribution is 7.99. The zero-order valence-corrected chi connectivity index (χ0v) is 19.3. The van der Waals surface area contributed by atoms with Crippen LogP contribution in [0.1, 0.15) is 16.7 Å². The Hall–Kier alpha value is -2.91. The van der Waals surface area contributed by atoms with E-state index in [0.717, 1.165) is 27.9 Å². The molecular weight excluding hydrogens is 432 g/mol. The highest BCUT2D eigenvalue weighted by atomic mass is 32.2. The third-order valence-electron chi connectivity index (χ3n) is 5.33. The number of amides is 1. The fourth-order valence-electron chi connectivity index (χ4n) is 3.40. The number of fused-ring (bicyclic) bond motifs is 3. The summed E-state index contributed by atoms with van der Waals surface area (Å²) in [6, 6.07) is 11.3. The molecule has 0 bridgehead atoms. The van der Waals surface area contributed by atoms with Gasteiger partial charge < -0.3 is 5.32 Å². The summed E-state index contributed by atoms with van der Waals surface area (Å²) in [5, 5.41) is 3.26. The van der Waals surface area contributed by atoms with Gasteiger partial charge in [0, 0.05) is 18.3 Å². The Morgan fingerprint density at radius 2 is 1.94 bits per heavy atom. The first kappa shape index (κ1) is 21.3. The summed E-state index contributed by atoms with van der Waals surface area (Å²) in [4.78, 5) is 21.2. The van der Waals surface area contributed by atoms with Gasteiger partial charge in [0.1, 0.15) is 4.90 Å². The molecule has 1 aliphatic rings. The number of aromatic nitrogens is 2. The molecule has 0 spiro atoms. The number of carbonyl (C=O) groups is 1. The average Bonchev–Trinajstić information content (AvgIpc) is 2.74. The Balaban J connectivity index is 1.59. The van der Waals surface area contributed by atoms with Gasteiger partial charge in [-0.25, -0.2) is 18.4 Å². The maximum absolute atomic E-state index is 12.9. The van der Waals surface area contributed by atoms with Gasteiger partial charge in [-0.3, -0.25) is 9.10 Å². The number of hydrogen-bond acceptors (Lipinski definition) is 6. The molecule has 0 saturated carbocycles. The molecule has 1 aromatic heterocycles. The van der Waals surface area contributed by atoms with Gasteiger partial charge in [0.15, 0.2) is 5.16 Å². The van der Waals surface area contributed by atoms with Gasteiger partial charge in [0.05, 0.1) is 23.3 Å². The second kappa shape index (κ2) is 7.97. The van der Waals surface area contributed by atoms with Crippen LogP contribution in [0.25, 0.3) is 11.3 Å². The van der Waals surface area contributed by atoms with Crippen molar-refractivity contribution >= 4 is 39.1 Å². The van der Waals surface area contributed by atoms with E-state index in [1.165, 1.54) is 29.3 Å². The van der Waals surface area contributed by atoms with Gasteiger partial charge >= 0.3 is 0 Å². The number of benzene rings is 2. The first-order chi connectivity index (χ1) is 14.7. The highest BCUT2D eigenvalue weighted by Gasteiger charge is 2.34. The summed E-state index contributed by atoms with van der Waals surface area (Å²) < 4.78 is 27.0. The van der Waals surface area contributed by atoms with Crippen LogP contribution in [-0.2, 0) is 14.8 Å². The molecule has 0 aliphatic carbocycles. The third kappa shape index (κ3) is 3.90. The number of sulfonamides is 1. The SMILES string of the molecule is Cc1ccc2c(c1)-c1nc(SCC(=O)Nc3cccc(C)c3C)ncc1S(=O)(=O)N2C. The fourth-order valence-corrected chi connectivity index (χ4v) is 5.31. The van der Waals surface area contributed by atoms with Gasteiger partial charge in [-0.05, 0) is 50.1 Å². The van der Waals surface area contributed by atoms with Gasteiger partial charge in [-0.2, -0.15) is 0 Å². The van der Waals surface area contributed by atoms with Crippen molar-refractivity contribution in [3.8, 4) is 11.3 Å². The number of carbonyl (C=O) groups excluding carboxylic acids is 1. The van der Waals surface area contributed by atoms with Crippen LogP contribution in [-0.4, -0.2) is 37.1 Å². The van der Waals surface area contributed by atoms with E-state index in [1.807, 2.05) is 51.1 Å². The summed E-state index contributed by atoms with van der Waals surface area (Å²) in [6.45, 7) is 5.89. The molecule has 160 valence electrons. The standard InChI is InChI=1S/C22H22N4O3S2/c1-13-8-9-18-16(10-13)21-19(31(28,29)26(18)4)11-23-22(25-21)30-12-20(27)24-17-7-5-6-14(2)15(17)3/h5-11H,12H2,1-4H3,(H,24,27).